The standard InChI is InChI=1S/C35H20N8.C35H26N6.C33H22N6/c1-36-34-39-28-13-5-9-17-32(28)42(34)24-19-23(20-25(21-24)43-33-18-10-6-14-29(33)40-35(43)37-2)26-11-3-7-15-30(26)41-22-38-27-12-4-8-16-31(27)41;1-23-37-30-13-5-9-17-34(30)40(23)26-19-25(20-27(21-26)41-24(2)38-31-14-6-10-18-35(31)41)28-11-3-7-15-32(28)39-22-36-29-12-4-8-16-33(29)39;1-5-13-30(39-22-36-29-12-4-8-16-33(29)39)26(9-1)23-17-24(37-20-34-27-10-2-6-14-31(27)37)19-25(18-23)38-21-35-28-11-3-7-15-32(28)38/h3-22H;3-22H,1-2H3;1-22H/i;;22D. The summed E-state index contributed by atoms with van der Waals surface area (Å²) in [4.78, 5) is 49.6. The second-order valence-corrected chi connectivity index (χ2v) is 29.9. The summed E-state index contributed by atoms with van der Waals surface area (Å²) in [5.74, 6) is 2.41. The molecular formula is C103H68N20. The van der Waals surface area contributed by atoms with Gasteiger partial charge < -0.3 is 9.69 Å². The fourth-order valence-corrected chi connectivity index (χ4v) is 17.2. The van der Waals surface area contributed by atoms with Crippen molar-refractivity contribution in [3.63, 3.8) is 0 Å². The van der Waals surface area contributed by atoms with Crippen molar-refractivity contribution in [1.29, 1.82) is 0 Å². The first-order chi connectivity index (χ1) is 61.1. The molecule has 9 aromatic heterocycles. The van der Waals surface area contributed by atoms with Gasteiger partial charge in [-0.1, -0.05) is 164 Å². The number of aryl methyl sites for hydroxylation is 2. The summed E-state index contributed by atoms with van der Waals surface area (Å²) in [5, 5.41) is 0. The van der Waals surface area contributed by atoms with Crippen LogP contribution < -0.4 is 0 Å². The smallest absolute Gasteiger partial charge is 0.344 e. The van der Waals surface area contributed by atoms with Crippen LogP contribution in [0.4, 0.5) is 11.9 Å². The molecule has 24 aromatic rings. The third-order valence-corrected chi connectivity index (χ3v) is 22.7. The average Bonchev–Trinajstić information content (AvgIpc) is 1.58. The molecular weight excluding hydrogens is 1520 g/mol. The molecule has 123 heavy (non-hydrogen) atoms. The first-order valence-corrected chi connectivity index (χ1v) is 40.1. The summed E-state index contributed by atoms with van der Waals surface area (Å²) in [6, 6.07) is 117. The molecule has 0 fully saturated rings. The summed E-state index contributed by atoms with van der Waals surface area (Å²) in [6.45, 7) is 20.0. The molecule has 0 N–H and O–H groups in total. The van der Waals surface area contributed by atoms with E-state index < -0.39 is 0 Å². The van der Waals surface area contributed by atoms with E-state index in [9.17, 15) is 0 Å². The predicted molar refractivity (Wildman–Crippen MR) is 489 cm³/mol. The minimum atomic E-state index is 0.200. The maximum Gasteiger partial charge on any atom is 0.344 e. The molecule has 0 aliphatic carbocycles. The molecule has 0 spiro atoms. The zero-order valence-electron chi connectivity index (χ0n) is 67.2. The monoisotopic (exact) mass is 1590 g/mol. The van der Waals surface area contributed by atoms with E-state index in [1.807, 2.05) is 227 Å². The zero-order valence-corrected chi connectivity index (χ0v) is 66.2. The third kappa shape index (κ3) is 12.6. The van der Waals surface area contributed by atoms with Gasteiger partial charge in [0.2, 0.25) is 0 Å². The minimum Gasteiger partial charge on any atom is -0.396 e. The Morgan fingerprint density at radius 2 is 0.480 bits per heavy atom. The summed E-state index contributed by atoms with van der Waals surface area (Å²) in [6.07, 6.45) is 7.70. The molecule has 0 aliphatic heterocycles. The maximum atomic E-state index is 8.72. The topological polar surface area (TPSA) is 169 Å². The normalized spacial score (nSPS) is 11.6. The van der Waals surface area contributed by atoms with Gasteiger partial charge >= 0.3 is 11.9 Å². The van der Waals surface area contributed by atoms with Gasteiger partial charge in [-0.3, -0.25) is 41.1 Å². The molecule has 0 unspecified atom stereocenters. The van der Waals surface area contributed by atoms with Crippen molar-refractivity contribution in [3.05, 3.63) is 412 Å². The highest BCUT2D eigenvalue weighted by Gasteiger charge is 2.25. The fourth-order valence-electron chi connectivity index (χ4n) is 17.2. The number of imidazole rings is 9. The second kappa shape index (κ2) is 29.9. The van der Waals surface area contributed by atoms with Gasteiger partial charge in [0.25, 0.3) is 0 Å². The second-order valence-electron chi connectivity index (χ2n) is 29.9. The number of benzene rings is 15. The van der Waals surface area contributed by atoms with Gasteiger partial charge in [0.15, 0.2) is 11.0 Å². The van der Waals surface area contributed by atoms with Crippen LogP contribution in [0.3, 0.4) is 0 Å². The van der Waals surface area contributed by atoms with E-state index in [1.165, 1.54) is 0 Å². The first kappa shape index (κ1) is 70.9. The zero-order chi connectivity index (χ0) is 83.0. The van der Waals surface area contributed by atoms with E-state index in [4.69, 9.17) is 24.5 Å². The molecule has 0 atom stereocenters. The van der Waals surface area contributed by atoms with E-state index >= 15 is 0 Å². The Labute approximate surface area is 704 Å². The lowest BCUT2D eigenvalue weighted by molar-refractivity contribution is 0.975. The molecule has 580 valence electrons. The molecule has 20 nitrogen and oxygen atoms in total. The van der Waals surface area contributed by atoms with Crippen molar-refractivity contribution in [1.82, 2.24) is 86.0 Å². The largest absolute Gasteiger partial charge is 0.396 e. The van der Waals surface area contributed by atoms with Crippen LogP contribution in [0.25, 0.3) is 194 Å². The van der Waals surface area contributed by atoms with Gasteiger partial charge in [-0.05, 0) is 206 Å². The van der Waals surface area contributed by atoms with Gasteiger partial charge in [-0.2, -0.15) is 0 Å². The van der Waals surface area contributed by atoms with Gasteiger partial charge in [0, 0.05) is 34.1 Å². The van der Waals surface area contributed by atoms with Crippen LogP contribution in [-0.4, -0.2) is 86.0 Å². The summed E-state index contributed by atoms with van der Waals surface area (Å²) < 4.78 is 27.4. The number of rotatable bonds is 12. The van der Waals surface area contributed by atoms with Crippen molar-refractivity contribution in [3.8, 4) is 84.6 Å². The quantitative estimate of drug-likeness (QED) is 0.108. The van der Waals surface area contributed by atoms with E-state index in [-0.39, 0.29) is 18.2 Å². The molecule has 9 heterocycles. The van der Waals surface area contributed by atoms with Crippen LogP contribution in [0.15, 0.2) is 377 Å². The highest BCUT2D eigenvalue weighted by Crippen LogP contribution is 2.41. The van der Waals surface area contributed by atoms with Crippen molar-refractivity contribution < 1.29 is 1.37 Å². The molecule has 0 saturated heterocycles. The van der Waals surface area contributed by atoms with Crippen LogP contribution >= 0.6 is 0 Å². The van der Waals surface area contributed by atoms with Gasteiger partial charge in [-0.25, -0.2) is 34.9 Å². The summed E-state index contributed by atoms with van der Waals surface area (Å²) in [5.41, 5.74) is 31.4. The van der Waals surface area contributed by atoms with E-state index in [2.05, 4.69) is 244 Å². The molecule has 0 radical (unpaired) electrons. The number of aromatic nitrogens is 18. The van der Waals surface area contributed by atoms with Gasteiger partial charge in [0.05, 0.1) is 117 Å². The maximum absolute atomic E-state index is 8.72. The number of nitrogens with zero attached hydrogens (tertiary/aromatic N) is 20. The van der Waals surface area contributed by atoms with E-state index in [0.717, 1.165) is 196 Å². The number of para-hydroxylation sites is 21. The van der Waals surface area contributed by atoms with Crippen molar-refractivity contribution >= 4 is 111 Å². The Bertz CT molecular complexity index is 8150. The molecule has 24 rings (SSSR count). The van der Waals surface area contributed by atoms with Crippen LogP contribution in [0.2, 0.25) is 0 Å². The number of hydrogen-bond acceptors (Lipinski definition) is 9. The van der Waals surface area contributed by atoms with Crippen molar-refractivity contribution in [2.45, 2.75) is 13.8 Å². The van der Waals surface area contributed by atoms with Crippen LogP contribution in [0, 0.1) is 27.0 Å². The summed E-state index contributed by atoms with van der Waals surface area (Å²) in [7, 11) is 0. The van der Waals surface area contributed by atoms with Crippen molar-refractivity contribution in [2.24, 2.45) is 0 Å². The van der Waals surface area contributed by atoms with E-state index in [0.29, 0.717) is 0 Å². The highest BCUT2D eigenvalue weighted by molar-refractivity contribution is 5.92. The first-order valence-electron chi connectivity index (χ1n) is 40.6. The van der Waals surface area contributed by atoms with Gasteiger partial charge in [-0.15, -0.1) is 23.1 Å². The van der Waals surface area contributed by atoms with Crippen LogP contribution in [0.5, 0.6) is 0 Å². The molecule has 0 bridgehead atoms. The number of hydrogen-bond donors (Lipinski definition) is 0. The summed E-state index contributed by atoms with van der Waals surface area (Å²) >= 11 is 0. The molecule has 20 heteroatoms. The molecule has 15 aromatic carbocycles. The Morgan fingerprint density at radius 1 is 0.236 bits per heavy atom. The third-order valence-electron chi connectivity index (χ3n) is 22.7. The van der Waals surface area contributed by atoms with Gasteiger partial charge in [0.1, 0.15) is 55.7 Å². The average molecular weight is 1590 g/mol. The lowest BCUT2D eigenvalue weighted by Crippen LogP contribution is -2.03. The minimum absolute atomic E-state index is 0.200. The highest BCUT2D eigenvalue weighted by atomic mass is 15.2. The molecule has 0 amide bonds. The predicted octanol–water partition coefficient (Wildman–Crippen LogP) is 23.8. The Morgan fingerprint density at radius 3 is 0.837 bits per heavy atom. The Hall–Kier alpha value is -17.5. The lowest BCUT2D eigenvalue weighted by atomic mass is 10.0. The Kier molecular flexibility index (Phi) is 17.2. The number of fused-ring (bicyclic) bond motifs is 9. The van der Waals surface area contributed by atoms with Crippen LogP contribution in [0.1, 0.15) is 13.0 Å². The fraction of sp³-hybridized carbons (Fsp3) is 0.0194. The van der Waals surface area contributed by atoms with E-state index in [1.54, 1.807) is 0 Å². The molecule has 0 aliphatic rings. The SMILES string of the molecule is Cc1nc2ccccc2n1-c1cc(-c2ccccc2-n2cnc3ccccc32)cc(-n2c(C)nc3ccccc32)c1.[2H]c1nc2ccccc2n1-c1ccccc1-c1cc(-n2cnc3ccccc32)cc(-n2cnc3ccccc32)c1.[C-]#[N+]c1nc2ccccc2n1-c1cc(-c2ccccc2-n2cnc3ccccc32)cc(-n2c([N+]#[C-])nc3ccccc32)c1. The molecule has 0 saturated carbocycles. The van der Waals surface area contributed by atoms with Crippen LogP contribution in [-0.2, 0) is 0 Å². The Balaban J connectivity index is 0.000000111. The van der Waals surface area contributed by atoms with Crippen molar-refractivity contribution in [2.75, 3.05) is 0 Å². The lowest BCUT2D eigenvalue weighted by Gasteiger charge is -2.17.